The SMILES string of the molecule is C[C@@H]1COC[C@@H](C)N1c1ccc(Nc2cc(-c3c(F)cccc3F)nc3c2C(O)NC3)nc1. The third-order valence-electron chi connectivity index (χ3n) is 6.07. The minimum absolute atomic E-state index is 0.148. The molecule has 0 bridgehead atoms. The number of rotatable bonds is 4. The maximum Gasteiger partial charge on any atom is 0.135 e. The van der Waals surface area contributed by atoms with Crippen LogP contribution in [0.15, 0.2) is 42.6 Å². The number of anilines is 3. The lowest BCUT2D eigenvalue weighted by atomic mass is 10.1. The van der Waals surface area contributed by atoms with Crippen molar-refractivity contribution < 1.29 is 18.6 Å². The van der Waals surface area contributed by atoms with Crippen LogP contribution < -0.4 is 15.5 Å². The van der Waals surface area contributed by atoms with Crippen LogP contribution in [-0.2, 0) is 11.3 Å². The number of nitrogens with zero attached hydrogens (tertiary/aromatic N) is 3. The van der Waals surface area contributed by atoms with Crippen LogP contribution in [0.4, 0.5) is 26.0 Å². The highest BCUT2D eigenvalue weighted by Gasteiger charge is 2.28. The third kappa shape index (κ3) is 4.03. The van der Waals surface area contributed by atoms with E-state index in [2.05, 4.69) is 39.3 Å². The Bertz CT molecular complexity index is 1140. The summed E-state index contributed by atoms with van der Waals surface area (Å²) in [7, 11) is 0. The van der Waals surface area contributed by atoms with Crippen molar-refractivity contribution in [1.82, 2.24) is 15.3 Å². The summed E-state index contributed by atoms with van der Waals surface area (Å²) in [5.74, 6) is -0.855. The van der Waals surface area contributed by atoms with Gasteiger partial charge in [0.1, 0.15) is 23.7 Å². The molecule has 9 heteroatoms. The predicted octanol–water partition coefficient (Wildman–Crippen LogP) is 3.87. The van der Waals surface area contributed by atoms with Gasteiger partial charge in [0, 0.05) is 24.2 Å². The van der Waals surface area contributed by atoms with Crippen molar-refractivity contribution in [3.8, 4) is 11.3 Å². The highest BCUT2D eigenvalue weighted by atomic mass is 19.1. The van der Waals surface area contributed by atoms with Gasteiger partial charge in [-0.1, -0.05) is 6.07 Å². The Balaban J connectivity index is 1.49. The van der Waals surface area contributed by atoms with Gasteiger partial charge in [0.25, 0.3) is 0 Å². The quantitative estimate of drug-likeness (QED) is 0.553. The van der Waals surface area contributed by atoms with E-state index in [9.17, 15) is 13.9 Å². The molecule has 5 rings (SSSR count). The van der Waals surface area contributed by atoms with E-state index >= 15 is 0 Å². The lowest BCUT2D eigenvalue weighted by Crippen LogP contribution is -2.49. The average Bonchev–Trinajstić information content (AvgIpc) is 3.16. The minimum Gasteiger partial charge on any atom is -0.377 e. The number of pyridine rings is 2. The molecule has 172 valence electrons. The predicted molar refractivity (Wildman–Crippen MR) is 121 cm³/mol. The molecule has 3 N–H and O–H groups in total. The molecule has 0 amide bonds. The van der Waals surface area contributed by atoms with Crippen molar-refractivity contribution in [3.63, 3.8) is 0 Å². The van der Waals surface area contributed by atoms with Crippen LogP contribution in [0.5, 0.6) is 0 Å². The molecule has 1 fully saturated rings. The number of benzene rings is 1. The number of morpholine rings is 1. The largest absolute Gasteiger partial charge is 0.377 e. The average molecular weight is 453 g/mol. The molecule has 3 aromatic rings. The van der Waals surface area contributed by atoms with Gasteiger partial charge in [-0.2, -0.15) is 0 Å². The van der Waals surface area contributed by atoms with Crippen LogP contribution in [0, 0.1) is 11.6 Å². The molecular weight excluding hydrogens is 428 g/mol. The molecule has 33 heavy (non-hydrogen) atoms. The number of aromatic nitrogens is 2. The van der Waals surface area contributed by atoms with Gasteiger partial charge in [0.2, 0.25) is 0 Å². The van der Waals surface area contributed by atoms with Crippen molar-refractivity contribution in [2.24, 2.45) is 0 Å². The molecule has 2 aromatic heterocycles. The molecule has 1 aromatic carbocycles. The van der Waals surface area contributed by atoms with Crippen molar-refractivity contribution in [2.75, 3.05) is 23.4 Å². The molecule has 2 aliphatic rings. The molecular formula is C24H25F2N5O2. The van der Waals surface area contributed by atoms with E-state index in [0.717, 1.165) is 5.69 Å². The Labute approximate surface area is 190 Å². The van der Waals surface area contributed by atoms with E-state index in [0.29, 0.717) is 36.0 Å². The van der Waals surface area contributed by atoms with Gasteiger partial charge < -0.3 is 20.1 Å². The smallest absolute Gasteiger partial charge is 0.135 e. The summed E-state index contributed by atoms with van der Waals surface area (Å²) in [6.07, 6.45) is 0.845. The van der Waals surface area contributed by atoms with E-state index in [1.807, 2.05) is 12.1 Å². The van der Waals surface area contributed by atoms with Crippen molar-refractivity contribution >= 4 is 17.2 Å². The van der Waals surface area contributed by atoms with E-state index in [4.69, 9.17) is 4.74 Å². The highest BCUT2D eigenvalue weighted by Crippen LogP contribution is 2.36. The second-order valence-electron chi connectivity index (χ2n) is 8.46. The summed E-state index contributed by atoms with van der Waals surface area (Å²) < 4.78 is 34.4. The number of hydrogen-bond acceptors (Lipinski definition) is 7. The van der Waals surface area contributed by atoms with Crippen LogP contribution in [0.25, 0.3) is 11.3 Å². The number of hydrogen-bond donors (Lipinski definition) is 3. The van der Waals surface area contributed by atoms with Crippen molar-refractivity contribution in [2.45, 2.75) is 38.7 Å². The van der Waals surface area contributed by atoms with Gasteiger partial charge >= 0.3 is 0 Å². The maximum atomic E-state index is 14.4. The van der Waals surface area contributed by atoms with E-state index in [1.165, 1.54) is 24.3 Å². The van der Waals surface area contributed by atoms with Crippen LogP contribution in [0.1, 0.15) is 31.3 Å². The molecule has 0 saturated carbocycles. The van der Waals surface area contributed by atoms with Gasteiger partial charge in [0.05, 0.1) is 47.7 Å². The highest BCUT2D eigenvalue weighted by molar-refractivity contribution is 5.72. The molecule has 3 atom stereocenters. The number of nitrogens with one attached hydrogen (secondary N) is 2. The first-order chi connectivity index (χ1) is 15.9. The zero-order valence-electron chi connectivity index (χ0n) is 18.3. The fraction of sp³-hybridized carbons (Fsp3) is 0.333. The summed E-state index contributed by atoms with van der Waals surface area (Å²) in [5.41, 5.74) is 2.48. The maximum absolute atomic E-state index is 14.4. The van der Waals surface area contributed by atoms with Crippen molar-refractivity contribution in [1.29, 1.82) is 0 Å². The second-order valence-corrected chi connectivity index (χ2v) is 8.46. The van der Waals surface area contributed by atoms with Crippen LogP contribution >= 0.6 is 0 Å². The standard InChI is InChI=1S/C24H25F2N5O2/c1-13-11-33-12-14(2)31(13)15-6-7-21(27-9-15)30-19-8-18(22-16(25)4-3-5-17(22)26)29-20-10-28-24(32)23(19)20/h3-9,13-14,24,28,32H,10-12H2,1-2H3,(H,27,29,30)/t13-,14-,24?/m1/s1. The zero-order chi connectivity index (χ0) is 23.1. The fourth-order valence-electron chi connectivity index (χ4n) is 4.58. The number of aliphatic hydroxyl groups is 1. The Morgan fingerprint density at radius 2 is 1.85 bits per heavy atom. The van der Waals surface area contributed by atoms with Crippen molar-refractivity contribution in [3.05, 3.63) is 65.5 Å². The Morgan fingerprint density at radius 3 is 2.52 bits per heavy atom. The summed E-state index contributed by atoms with van der Waals surface area (Å²) in [6, 6.07) is 9.53. The Morgan fingerprint density at radius 1 is 1.12 bits per heavy atom. The van der Waals surface area contributed by atoms with E-state index < -0.39 is 17.9 Å². The lowest BCUT2D eigenvalue weighted by molar-refractivity contribution is 0.0756. The normalized spacial score (nSPS) is 22.3. The molecule has 0 aliphatic carbocycles. The molecule has 1 saturated heterocycles. The van der Waals surface area contributed by atoms with Gasteiger partial charge in [0.15, 0.2) is 0 Å². The van der Waals surface area contributed by atoms with E-state index in [1.54, 1.807) is 6.20 Å². The van der Waals surface area contributed by atoms with Gasteiger partial charge in [-0.3, -0.25) is 10.3 Å². The molecule has 0 spiro atoms. The first kappa shape index (κ1) is 21.7. The third-order valence-corrected chi connectivity index (χ3v) is 6.07. The van der Waals surface area contributed by atoms with Crippen LogP contribution in [0.3, 0.4) is 0 Å². The Kier molecular flexibility index (Phi) is 5.69. The van der Waals surface area contributed by atoms with Gasteiger partial charge in [-0.15, -0.1) is 0 Å². The second kappa shape index (κ2) is 8.66. The summed E-state index contributed by atoms with van der Waals surface area (Å²) in [6.45, 7) is 5.83. The van der Waals surface area contributed by atoms with Crippen LogP contribution in [-0.4, -0.2) is 40.4 Å². The summed E-state index contributed by atoms with van der Waals surface area (Å²) in [5, 5.41) is 16.5. The molecule has 4 heterocycles. The topological polar surface area (TPSA) is 82.5 Å². The lowest BCUT2D eigenvalue weighted by Gasteiger charge is -2.40. The summed E-state index contributed by atoms with van der Waals surface area (Å²) in [4.78, 5) is 11.2. The zero-order valence-corrected chi connectivity index (χ0v) is 18.3. The first-order valence-corrected chi connectivity index (χ1v) is 10.9. The molecule has 0 radical (unpaired) electrons. The monoisotopic (exact) mass is 453 g/mol. The molecule has 1 unspecified atom stereocenters. The number of halogens is 2. The molecule has 7 nitrogen and oxygen atoms in total. The first-order valence-electron chi connectivity index (χ1n) is 10.9. The Hall–Kier alpha value is -3.14. The number of ether oxygens (including phenoxy) is 1. The summed E-state index contributed by atoms with van der Waals surface area (Å²) >= 11 is 0. The minimum atomic E-state index is -0.941. The number of aliphatic hydroxyl groups excluding tert-OH is 1. The van der Waals surface area contributed by atoms with E-state index in [-0.39, 0.29) is 29.9 Å². The number of fused-ring (bicyclic) bond motifs is 1. The van der Waals surface area contributed by atoms with Gasteiger partial charge in [-0.05, 0) is 44.2 Å². The van der Waals surface area contributed by atoms with Gasteiger partial charge in [-0.25, -0.2) is 13.8 Å². The van der Waals surface area contributed by atoms with Crippen LogP contribution in [0.2, 0.25) is 0 Å². The fourth-order valence-corrected chi connectivity index (χ4v) is 4.58. The molecule has 2 aliphatic heterocycles.